The number of nitrogens with one attached hydrogen (secondary N) is 1. The number of halogens is 2. The van der Waals surface area contributed by atoms with E-state index in [2.05, 4.69) is 20.2 Å². The first-order valence-electron chi connectivity index (χ1n) is 12.4. The Hall–Kier alpha value is -4.01. The smallest absolute Gasteiger partial charge is 0.258 e. The van der Waals surface area contributed by atoms with E-state index in [0.29, 0.717) is 29.3 Å². The SMILES string of the molecule is CC=CN1CC[C@H]1COc1c(N)ncnc1-c1cc(F)cc(NC(=O)c2ccc(C3CC3)cc2F)c1C. The zero-order valence-electron chi connectivity index (χ0n) is 20.8. The van der Waals surface area contributed by atoms with Gasteiger partial charge in [-0.05, 0) is 80.6 Å². The number of rotatable bonds is 8. The van der Waals surface area contributed by atoms with Crippen LogP contribution in [0.3, 0.4) is 0 Å². The molecule has 1 aliphatic carbocycles. The van der Waals surface area contributed by atoms with Gasteiger partial charge >= 0.3 is 0 Å². The zero-order valence-corrected chi connectivity index (χ0v) is 20.8. The van der Waals surface area contributed by atoms with Gasteiger partial charge in [-0.15, -0.1) is 0 Å². The summed E-state index contributed by atoms with van der Waals surface area (Å²) in [7, 11) is 0. The minimum absolute atomic E-state index is 0.101. The number of likely N-dealkylation sites (tertiary alicyclic amines) is 1. The zero-order chi connectivity index (χ0) is 26.1. The molecule has 0 unspecified atom stereocenters. The van der Waals surface area contributed by atoms with Crippen molar-refractivity contribution in [3.8, 4) is 17.0 Å². The number of nitrogens with zero attached hydrogens (tertiary/aromatic N) is 3. The summed E-state index contributed by atoms with van der Waals surface area (Å²) < 4.78 is 35.5. The van der Waals surface area contributed by atoms with E-state index in [0.717, 1.165) is 31.4 Å². The molecule has 3 N–H and O–H groups in total. The maximum Gasteiger partial charge on any atom is 0.258 e. The number of ether oxygens (including phenoxy) is 1. The normalized spacial score (nSPS) is 17.1. The Balaban J connectivity index is 1.41. The molecule has 192 valence electrons. The summed E-state index contributed by atoms with van der Waals surface area (Å²) in [6.07, 6.45) is 8.30. The van der Waals surface area contributed by atoms with Gasteiger partial charge in [-0.1, -0.05) is 12.1 Å². The van der Waals surface area contributed by atoms with Gasteiger partial charge in [0.25, 0.3) is 5.91 Å². The van der Waals surface area contributed by atoms with Crippen molar-refractivity contribution in [1.29, 1.82) is 0 Å². The Bertz CT molecular complexity index is 1370. The Morgan fingerprint density at radius 1 is 1.22 bits per heavy atom. The van der Waals surface area contributed by atoms with Crippen molar-refractivity contribution < 1.29 is 18.3 Å². The van der Waals surface area contributed by atoms with Crippen molar-refractivity contribution in [3.63, 3.8) is 0 Å². The number of carbonyl (C=O) groups is 1. The highest BCUT2D eigenvalue weighted by atomic mass is 19.1. The molecule has 9 heteroatoms. The third kappa shape index (κ3) is 5.12. The summed E-state index contributed by atoms with van der Waals surface area (Å²) in [4.78, 5) is 23.5. The van der Waals surface area contributed by atoms with Gasteiger partial charge < -0.3 is 20.7 Å². The molecule has 1 saturated carbocycles. The molecule has 1 aromatic heterocycles. The number of nitrogens with two attached hydrogens (primary N) is 1. The predicted molar refractivity (Wildman–Crippen MR) is 138 cm³/mol. The molecular weight excluding hydrogens is 476 g/mol. The van der Waals surface area contributed by atoms with Crippen molar-refractivity contribution in [2.24, 2.45) is 0 Å². The van der Waals surface area contributed by atoms with Crippen LogP contribution in [0.5, 0.6) is 5.75 Å². The molecule has 3 aromatic rings. The topological polar surface area (TPSA) is 93.4 Å². The Morgan fingerprint density at radius 3 is 2.70 bits per heavy atom. The van der Waals surface area contributed by atoms with Crippen LogP contribution < -0.4 is 15.8 Å². The standard InChI is InChI=1S/C28H29F2N5O2/c1-3-9-35-10-8-20(35)14-37-26-25(32-15-33-27(26)31)22-12-19(29)13-24(16(22)2)34-28(36)21-7-6-18(11-23(21)30)17-4-5-17/h3,6-7,9,11-13,15,17,20H,4-5,8,10,14H2,1-2H3,(H,34,36)(H2,31,32,33)/t20-/m0/s1. The van der Waals surface area contributed by atoms with Crippen LogP contribution in [0.4, 0.5) is 20.3 Å². The predicted octanol–water partition coefficient (Wildman–Crippen LogP) is 5.43. The maximum atomic E-state index is 14.8. The number of nitrogen functional groups attached to an aromatic ring is 1. The Morgan fingerprint density at radius 2 is 2.03 bits per heavy atom. The van der Waals surface area contributed by atoms with Gasteiger partial charge in [0.05, 0.1) is 11.6 Å². The van der Waals surface area contributed by atoms with E-state index < -0.39 is 17.5 Å². The number of amides is 1. The van der Waals surface area contributed by atoms with Crippen molar-refractivity contribution in [3.05, 3.63) is 77.3 Å². The van der Waals surface area contributed by atoms with E-state index in [-0.39, 0.29) is 28.9 Å². The number of carbonyl (C=O) groups excluding carboxylic acids is 1. The highest BCUT2D eigenvalue weighted by molar-refractivity contribution is 6.05. The molecule has 5 rings (SSSR count). The molecule has 7 nitrogen and oxygen atoms in total. The summed E-state index contributed by atoms with van der Waals surface area (Å²) in [5, 5.41) is 2.66. The van der Waals surface area contributed by atoms with Crippen LogP contribution in [0.2, 0.25) is 0 Å². The summed E-state index contributed by atoms with van der Waals surface area (Å²) in [5.41, 5.74) is 8.36. The fourth-order valence-electron chi connectivity index (χ4n) is 4.56. The van der Waals surface area contributed by atoms with E-state index in [1.807, 2.05) is 19.2 Å². The number of aromatic nitrogens is 2. The largest absolute Gasteiger partial charge is 0.485 e. The van der Waals surface area contributed by atoms with E-state index in [1.165, 1.54) is 30.6 Å². The van der Waals surface area contributed by atoms with Crippen LogP contribution in [0, 0.1) is 18.6 Å². The van der Waals surface area contributed by atoms with Crippen molar-refractivity contribution in [1.82, 2.24) is 14.9 Å². The molecule has 2 fully saturated rings. The molecule has 1 saturated heterocycles. The molecule has 2 heterocycles. The molecule has 1 aliphatic heterocycles. The molecule has 1 amide bonds. The van der Waals surface area contributed by atoms with Crippen LogP contribution in [-0.4, -0.2) is 40.0 Å². The van der Waals surface area contributed by atoms with Crippen LogP contribution in [-0.2, 0) is 0 Å². The molecular formula is C28H29F2N5O2. The highest BCUT2D eigenvalue weighted by Gasteiger charge is 2.28. The lowest BCUT2D eigenvalue weighted by molar-refractivity contribution is 0.0972. The second-order valence-corrected chi connectivity index (χ2v) is 9.50. The summed E-state index contributed by atoms with van der Waals surface area (Å²) in [5.74, 6) is -1.10. The molecule has 2 aromatic carbocycles. The molecule has 2 aliphatic rings. The maximum absolute atomic E-state index is 14.8. The average molecular weight is 506 g/mol. The van der Waals surface area contributed by atoms with Gasteiger partial charge in [0.2, 0.25) is 0 Å². The summed E-state index contributed by atoms with van der Waals surface area (Å²) in [6.45, 7) is 4.99. The second kappa shape index (κ2) is 10.2. The van der Waals surface area contributed by atoms with Gasteiger partial charge in [-0.25, -0.2) is 18.7 Å². The quantitative estimate of drug-likeness (QED) is 0.424. The Labute approximate surface area is 214 Å². The monoisotopic (exact) mass is 505 g/mol. The van der Waals surface area contributed by atoms with E-state index in [9.17, 15) is 13.6 Å². The Kier molecular flexibility index (Phi) is 6.78. The fourth-order valence-corrected chi connectivity index (χ4v) is 4.56. The lowest BCUT2D eigenvalue weighted by Gasteiger charge is -2.40. The van der Waals surface area contributed by atoms with Crippen molar-refractivity contribution in [2.45, 2.75) is 45.1 Å². The van der Waals surface area contributed by atoms with E-state index in [1.54, 1.807) is 13.0 Å². The average Bonchev–Trinajstić information content (AvgIpc) is 3.70. The van der Waals surface area contributed by atoms with Crippen molar-refractivity contribution in [2.75, 3.05) is 24.2 Å². The molecule has 1 atom stereocenters. The number of allylic oxidation sites excluding steroid dienone is 1. The minimum atomic E-state index is -0.660. The van der Waals surface area contributed by atoms with Crippen LogP contribution >= 0.6 is 0 Å². The molecule has 0 bridgehead atoms. The molecule has 0 radical (unpaired) electrons. The van der Waals surface area contributed by atoms with E-state index >= 15 is 0 Å². The number of hydrogen-bond acceptors (Lipinski definition) is 6. The first-order valence-corrected chi connectivity index (χ1v) is 12.4. The molecule has 37 heavy (non-hydrogen) atoms. The van der Waals surface area contributed by atoms with Gasteiger partial charge in [-0.3, -0.25) is 4.79 Å². The lowest BCUT2D eigenvalue weighted by Crippen LogP contribution is -2.47. The highest BCUT2D eigenvalue weighted by Crippen LogP contribution is 2.41. The van der Waals surface area contributed by atoms with E-state index in [4.69, 9.17) is 10.5 Å². The van der Waals surface area contributed by atoms with Crippen molar-refractivity contribution >= 4 is 17.4 Å². The lowest BCUT2D eigenvalue weighted by atomic mass is 10.0. The third-order valence-corrected chi connectivity index (χ3v) is 6.94. The van der Waals surface area contributed by atoms with Gasteiger partial charge in [-0.2, -0.15) is 0 Å². The van der Waals surface area contributed by atoms with Gasteiger partial charge in [0.15, 0.2) is 11.6 Å². The summed E-state index contributed by atoms with van der Waals surface area (Å²) >= 11 is 0. The number of hydrogen-bond donors (Lipinski definition) is 2. The van der Waals surface area contributed by atoms with Crippen LogP contribution in [0.15, 0.2) is 48.9 Å². The first-order chi connectivity index (χ1) is 17.9. The number of anilines is 2. The summed E-state index contributed by atoms with van der Waals surface area (Å²) in [6, 6.07) is 7.34. The molecule has 0 spiro atoms. The number of benzene rings is 2. The van der Waals surface area contributed by atoms with Gasteiger partial charge in [0, 0.05) is 17.8 Å². The van der Waals surface area contributed by atoms with Gasteiger partial charge in [0.1, 0.15) is 30.3 Å². The fraction of sp³-hybridized carbons (Fsp3) is 0.321. The minimum Gasteiger partial charge on any atom is -0.485 e. The first kappa shape index (κ1) is 24.7. The van der Waals surface area contributed by atoms with Crippen LogP contribution in [0.1, 0.15) is 53.6 Å². The van der Waals surface area contributed by atoms with Crippen LogP contribution in [0.25, 0.3) is 11.3 Å². The third-order valence-electron chi connectivity index (χ3n) is 6.94. The second-order valence-electron chi connectivity index (χ2n) is 9.50.